The van der Waals surface area contributed by atoms with Gasteiger partial charge >= 0.3 is 0 Å². The van der Waals surface area contributed by atoms with Crippen molar-refractivity contribution >= 4 is 5.91 Å². The first-order chi connectivity index (χ1) is 12.1. The lowest BCUT2D eigenvalue weighted by atomic mass is 10.0. The Kier molecular flexibility index (Phi) is 4.82. The fourth-order valence-electron chi connectivity index (χ4n) is 2.94. The van der Waals surface area contributed by atoms with Crippen molar-refractivity contribution in [1.29, 1.82) is 0 Å². The number of rotatable bonds is 3. The maximum Gasteiger partial charge on any atom is 0.255 e. The quantitative estimate of drug-likeness (QED) is 0.774. The molecule has 1 aliphatic rings. The average molecular weight is 335 g/mol. The van der Waals surface area contributed by atoms with Crippen molar-refractivity contribution < 1.29 is 13.6 Å². The highest BCUT2D eigenvalue weighted by Crippen LogP contribution is 2.34. The molecular weight excluding hydrogens is 320 g/mol. The minimum absolute atomic E-state index is 0.125. The van der Waals surface area contributed by atoms with Gasteiger partial charge in [0.25, 0.3) is 5.91 Å². The fraction of sp³-hybridized carbons (Fsp3) is 0.190. The molecule has 3 rings (SSSR count). The van der Waals surface area contributed by atoms with Crippen LogP contribution in [0.2, 0.25) is 0 Å². The third-order valence-electron chi connectivity index (χ3n) is 4.11. The van der Waals surface area contributed by atoms with Crippen LogP contribution in [0, 0.1) is 35.3 Å². The van der Waals surface area contributed by atoms with Crippen LogP contribution in [0.1, 0.15) is 40.9 Å². The smallest absolute Gasteiger partial charge is 0.255 e. The summed E-state index contributed by atoms with van der Waals surface area (Å²) in [6, 6.07) is 9.82. The second-order valence-electron chi connectivity index (χ2n) is 5.65. The van der Waals surface area contributed by atoms with Gasteiger partial charge in [-0.15, -0.1) is 0 Å². The molecule has 1 aliphatic heterocycles. The normalized spacial score (nSPS) is 13.4. The largest absolute Gasteiger partial charge is 0.326 e. The molecule has 0 bridgehead atoms. The number of carbonyl (C=O) groups excluding carboxylic acids is 1. The molecular formula is C21H15F2NO. The fourth-order valence-corrected chi connectivity index (χ4v) is 2.94. The van der Waals surface area contributed by atoms with Gasteiger partial charge in [-0.2, -0.15) is 0 Å². The van der Waals surface area contributed by atoms with Gasteiger partial charge in [-0.3, -0.25) is 4.79 Å². The number of hydrogen-bond acceptors (Lipinski definition) is 1. The summed E-state index contributed by atoms with van der Waals surface area (Å²) in [5.74, 6) is 9.48. The molecule has 2 nitrogen and oxygen atoms in total. The first kappa shape index (κ1) is 16.7. The minimum atomic E-state index is -0.679. The molecule has 0 fully saturated rings. The van der Waals surface area contributed by atoms with E-state index in [1.807, 2.05) is 12.1 Å². The highest BCUT2D eigenvalue weighted by atomic mass is 19.1. The van der Waals surface area contributed by atoms with Gasteiger partial charge in [-0.05, 0) is 48.6 Å². The van der Waals surface area contributed by atoms with E-state index in [0.29, 0.717) is 12.1 Å². The summed E-state index contributed by atoms with van der Waals surface area (Å²) in [6.07, 6.45) is 0.175. The van der Waals surface area contributed by atoms with E-state index >= 15 is 0 Å². The lowest BCUT2D eigenvalue weighted by molar-refractivity contribution is 0.0701. The molecule has 0 spiro atoms. The monoisotopic (exact) mass is 335 g/mol. The van der Waals surface area contributed by atoms with Crippen LogP contribution in [0.3, 0.4) is 0 Å². The van der Waals surface area contributed by atoms with Gasteiger partial charge in [0.2, 0.25) is 0 Å². The zero-order valence-electron chi connectivity index (χ0n) is 13.6. The number of amides is 1. The third-order valence-corrected chi connectivity index (χ3v) is 4.11. The van der Waals surface area contributed by atoms with Crippen LogP contribution in [0.25, 0.3) is 0 Å². The van der Waals surface area contributed by atoms with Gasteiger partial charge in [0.1, 0.15) is 11.6 Å². The number of benzene rings is 2. The van der Waals surface area contributed by atoms with Crippen molar-refractivity contribution in [3.63, 3.8) is 0 Å². The molecule has 4 heteroatoms. The van der Waals surface area contributed by atoms with E-state index in [4.69, 9.17) is 0 Å². The second-order valence-corrected chi connectivity index (χ2v) is 5.65. The van der Waals surface area contributed by atoms with E-state index < -0.39 is 17.7 Å². The predicted octanol–water partition coefficient (Wildman–Crippen LogP) is 4.08. The Morgan fingerprint density at radius 1 is 1.16 bits per heavy atom. The summed E-state index contributed by atoms with van der Waals surface area (Å²) >= 11 is 0. The summed E-state index contributed by atoms with van der Waals surface area (Å²) in [7, 11) is 0. The molecule has 0 aromatic heterocycles. The molecule has 1 atom stereocenters. The molecule has 0 aliphatic carbocycles. The Morgan fingerprint density at radius 2 is 1.96 bits per heavy atom. The van der Waals surface area contributed by atoms with E-state index in [1.165, 1.54) is 4.90 Å². The van der Waals surface area contributed by atoms with Crippen LogP contribution >= 0.6 is 0 Å². The van der Waals surface area contributed by atoms with E-state index in [0.717, 1.165) is 23.8 Å². The Balaban J connectivity index is 2.00. The number of hydrogen-bond donors (Lipinski definition) is 0. The summed E-state index contributed by atoms with van der Waals surface area (Å²) < 4.78 is 28.0. The van der Waals surface area contributed by atoms with Crippen molar-refractivity contribution in [2.45, 2.75) is 25.9 Å². The van der Waals surface area contributed by atoms with Gasteiger partial charge in [0, 0.05) is 24.1 Å². The lowest BCUT2D eigenvalue weighted by Crippen LogP contribution is -2.29. The van der Waals surface area contributed by atoms with E-state index in [2.05, 4.69) is 23.7 Å². The Hall–Kier alpha value is -3.11. The SMILES string of the molecule is CC#CC#CCC(c1cc(F)ccc1F)N1Cc2ccccc2C1=O. The molecule has 1 amide bonds. The molecule has 0 radical (unpaired) electrons. The number of fused-ring (bicyclic) bond motifs is 1. The van der Waals surface area contributed by atoms with Crippen LogP contribution in [-0.4, -0.2) is 10.8 Å². The molecule has 0 saturated heterocycles. The standard InChI is InChI=1S/C21H15F2NO/c1-2-3-4-5-10-20(18-13-16(22)11-12-19(18)23)24-14-15-8-6-7-9-17(15)21(24)25/h6-9,11-13,20H,10,14H2,1H3. The van der Waals surface area contributed by atoms with Crippen LogP contribution in [0.5, 0.6) is 0 Å². The van der Waals surface area contributed by atoms with Crippen molar-refractivity contribution in [2.24, 2.45) is 0 Å². The summed E-state index contributed by atoms with van der Waals surface area (Å²) in [5.41, 5.74) is 1.58. The van der Waals surface area contributed by atoms with Crippen molar-refractivity contribution in [3.8, 4) is 23.7 Å². The van der Waals surface area contributed by atoms with Gasteiger partial charge < -0.3 is 4.90 Å². The maximum absolute atomic E-state index is 14.3. The Bertz CT molecular complexity index is 944. The van der Waals surface area contributed by atoms with Crippen molar-refractivity contribution in [1.82, 2.24) is 4.90 Å². The predicted molar refractivity (Wildman–Crippen MR) is 91.3 cm³/mol. The molecule has 124 valence electrons. The van der Waals surface area contributed by atoms with Gasteiger partial charge in [-0.25, -0.2) is 8.78 Å². The first-order valence-electron chi connectivity index (χ1n) is 7.85. The molecule has 0 N–H and O–H groups in total. The van der Waals surface area contributed by atoms with Crippen LogP contribution in [0.4, 0.5) is 8.78 Å². The molecule has 25 heavy (non-hydrogen) atoms. The molecule has 1 unspecified atom stereocenters. The first-order valence-corrected chi connectivity index (χ1v) is 7.85. The lowest BCUT2D eigenvalue weighted by Gasteiger charge is -2.27. The minimum Gasteiger partial charge on any atom is -0.326 e. The summed E-state index contributed by atoms with van der Waals surface area (Å²) in [4.78, 5) is 14.3. The highest BCUT2D eigenvalue weighted by molar-refractivity contribution is 5.98. The number of halogens is 2. The summed E-state index contributed by atoms with van der Waals surface area (Å²) in [5, 5.41) is 0. The summed E-state index contributed by atoms with van der Waals surface area (Å²) in [6.45, 7) is 2.01. The third kappa shape index (κ3) is 3.39. The van der Waals surface area contributed by atoms with Crippen LogP contribution in [0.15, 0.2) is 42.5 Å². The van der Waals surface area contributed by atoms with Crippen molar-refractivity contribution in [2.75, 3.05) is 0 Å². The van der Waals surface area contributed by atoms with Crippen LogP contribution in [-0.2, 0) is 6.54 Å². The van der Waals surface area contributed by atoms with Gasteiger partial charge in [-0.1, -0.05) is 30.0 Å². The number of nitrogens with zero attached hydrogens (tertiary/aromatic N) is 1. The van der Waals surface area contributed by atoms with E-state index in [9.17, 15) is 13.6 Å². The zero-order valence-corrected chi connectivity index (χ0v) is 13.6. The molecule has 0 saturated carbocycles. The zero-order chi connectivity index (χ0) is 17.8. The van der Waals surface area contributed by atoms with Gasteiger partial charge in [0.05, 0.1) is 6.04 Å². The van der Waals surface area contributed by atoms with E-state index in [-0.39, 0.29) is 17.9 Å². The Morgan fingerprint density at radius 3 is 2.72 bits per heavy atom. The van der Waals surface area contributed by atoms with E-state index in [1.54, 1.807) is 19.1 Å². The van der Waals surface area contributed by atoms with Gasteiger partial charge in [0.15, 0.2) is 0 Å². The Labute approximate surface area is 145 Å². The molecule has 1 heterocycles. The maximum atomic E-state index is 14.3. The average Bonchev–Trinajstić information content (AvgIpc) is 2.95. The van der Waals surface area contributed by atoms with Crippen LogP contribution < -0.4 is 0 Å². The number of carbonyl (C=O) groups is 1. The molecule has 2 aromatic rings. The topological polar surface area (TPSA) is 20.3 Å². The highest BCUT2D eigenvalue weighted by Gasteiger charge is 2.34. The molecule has 2 aromatic carbocycles. The van der Waals surface area contributed by atoms with Crippen molar-refractivity contribution in [3.05, 3.63) is 70.8 Å². The second kappa shape index (κ2) is 7.20.